The lowest BCUT2D eigenvalue weighted by Gasteiger charge is -2.23. The molecule has 0 radical (unpaired) electrons. The number of aryl methyl sites for hydroxylation is 1. The lowest BCUT2D eigenvalue weighted by Crippen LogP contribution is -2.41. The van der Waals surface area contributed by atoms with Gasteiger partial charge in [-0.25, -0.2) is 9.48 Å². The minimum Gasteiger partial charge on any atom is -0.385 e. The molecule has 204 valence electrons. The van der Waals surface area contributed by atoms with Crippen molar-refractivity contribution in [2.75, 3.05) is 37.4 Å². The summed E-state index contributed by atoms with van der Waals surface area (Å²) in [4.78, 5) is 27.9. The first-order valence-corrected chi connectivity index (χ1v) is 13.1. The highest BCUT2D eigenvalue weighted by atomic mass is 16.5. The summed E-state index contributed by atoms with van der Waals surface area (Å²) in [7, 11) is 1.62. The maximum absolute atomic E-state index is 13.3. The highest BCUT2D eigenvalue weighted by molar-refractivity contribution is 5.96. The molecule has 0 bridgehead atoms. The van der Waals surface area contributed by atoms with E-state index in [2.05, 4.69) is 45.3 Å². The highest BCUT2D eigenvalue weighted by Gasteiger charge is 2.23. The summed E-state index contributed by atoms with van der Waals surface area (Å²) >= 11 is 0. The van der Waals surface area contributed by atoms with Gasteiger partial charge in [0.15, 0.2) is 0 Å². The molecule has 0 fully saturated rings. The van der Waals surface area contributed by atoms with Crippen molar-refractivity contribution in [2.45, 2.75) is 59.3 Å². The second kappa shape index (κ2) is 12.7. The molecule has 0 saturated heterocycles. The fraction of sp³-hybridized carbons (Fsp3) is 0.433. The third-order valence-electron chi connectivity index (χ3n) is 6.32. The lowest BCUT2D eigenvalue weighted by atomic mass is 9.92. The summed E-state index contributed by atoms with van der Waals surface area (Å²) in [5, 5.41) is 10.7. The Bertz CT molecular complexity index is 1230. The fourth-order valence-corrected chi connectivity index (χ4v) is 3.98. The van der Waals surface area contributed by atoms with E-state index in [1.54, 1.807) is 11.8 Å². The van der Waals surface area contributed by atoms with Crippen molar-refractivity contribution < 1.29 is 14.3 Å². The number of rotatable bonds is 10. The van der Waals surface area contributed by atoms with Gasteiger partial charge in [-0.1, -0.05) is 65.0 Å². The third kappa shape index (κ3) is 7.68. The number of aromatic nitrogens is 2. The molecule has 2 N–H and O–H groups in total. The van der Waals surface area contributed by atoms with Crippen molar-refractivity contribution >= 4 is 23.4 Å². The first-order chi connectivity index (χ1) is 18.0. The van der Waals surface area contributed by atoms with Gasteiger partial charge in [0.05, 0.1) is 11.4 Å². The predicted molar refractivity (Wildman–Crippen MR) is 153 cm³/mol. The monoisotopic (exact) mass is 519 g/mol. The van der Waals surface area contributed by atoms with Crippen LogP contribution < -0.4 is 10.6 Å². The van der Waals surface area contributed by atoms with Crippen molar-refractivity contribution in [3.8, 4) is 5.69 Å². The molecule has 8 nitrogen and oxygen atoms in total. The summed E-state index contributed by atoms with van der Waals surface area (Å²) in [6, 6.07) is 17.2. The number of urea groups is 1. The van der Waals surface area contributed by atoms with Crippen molar-refractivity contribution in [1.82, 2.24) is 14.7 Å². The van der Waals surface area contributed by atoms with Crippen molar-refractivity contribution in [3.63, 3.8) is 0 Å². The molecule has 38 heavy (non-hydrogen) atoms. The van der Waals surface area contributed by atoms with E-state index in [9.17, 15) is 9.59 Å². The number of nitrogens with zero attached hydrogens (tertiary/aromatic N) is 3. The van der Waals surface area contributed by atoms with E-state index in [-0.39, 0.29) is 23.9 Å². The van der Waals surface area contributed by atoms with Crippen LogP contribution in [0.5, 0.6) is 0 Å². The summed E-state index contributed by atoms with van der Waals surface area (Å²) in [6.45, 7) is 13.3. The number of anilines is 2. The number of hydrogen-bond acceptors (Lipinski definition) is 4. The number of amides is 3. The van der Waals surface area contributed by atoms with E-state index >= 15 is 0 Å². The molecule has 0 aliphatic heterocycles. The molecule has 1 heterocycles. The number of ether oxygens (including phenoxy) is 1. The Morgan fingerprint density at radius 1 is 1.05 bits per heavy atom. The standard InChI is InChI=1S/C30H41N5O3/c1-21(2)23-13-15-24(16-14-23)31-29(37)34(17-10-18-38-7)20-28(36)32-27-19-26(30(4,5)6)33-35(27)25-12-9-8-11-22(25)3/h8-9,11-16,19,21H,10,17-18,20H2,1-7H3,(H,31,37)(H,32,36). The maximum Gasteiger partial charge on any atom is 0.322 e. The van der Waals surface area contributed by atoms with E-state index in [0.717, 1.165) is 16.9 Å². The lowest BCUT2D eigenvalue weighted by molar-refractivity contribution is -0.116. The molecule has 8 heteroatoms. The van der Waals surface area contributed by atoms with E-state index in [0.29, 0.717) is 37.0 Å². The number of hydrogen-bond donors (Lipinski definition) is 2. The average Bonchev–Trinajstić information content (AvgIpc) is 3.28. The van der Waals surface area contributed by atoms with Crippen LogP contribution in [0.2, 0.25) is 0 Å². The average molecular weight is 520 g/mol. The van der Waals surface area contributed by atoms with Crippen molar-refractivity contribution in [2.24, 2.45) is 0 Å². The van der Waals surface area contributed by atoms with E-state index in [4.69, 9.17) is 9.84 Å². The number of methoxy groups -OCH3 is 1. The number of benzene rings is 2. The van der Waals surface area contributed by atoms with Gasteiger partial charge in [-0.3, -0.25) is 4.79 Å². The van der Waals surface area contributed by atoms with E-state index in [1.165, 1.54) is 10.5 Å². The van der Waals surface area contributed by atoms with Crippen LogP contribution in [0, 0.1) is 6.92 Å². The van der Waals surface area contributed by atoms with Gasteiger partial charge in [-0.2, -0.15) is 5.10 Å². The zero-order chi connectivity index (χ0) is 27.9. The number of carbonyl (C=O) groups is 2. The molecular formula is C30H41N5O3. The first-order valence-electron chi connectivity index (χ1n) is 13.1. The molecule has 3 amide bonds. The quantitative estimate of drug-likeness (QED) is 0.316. The van der Waals surface area contributed by atoms with E-state index < -0.39 is 0 Å². The Morgan fingerprint density at radius 3 is 2.34 bits per heavy atom. The van der Waals surface area contributed by atoms with Gasteiger partial charge >= 0.3 is 6.03 Å². The Kier molecular flexibility index (Phi) is 9.69. The number of para-hydroxylation sites is 1. The molecule has 0 aliphatic rings. The van der Waals surface area contributed by atoms with Gasteiger partial charge in [0.25, 0.3) is 0 Å². The molecule has 2 aromatic carbocycles. The maximum atomic E-state index is 13.3. The summed E-state index contributed by atoms with van der Waals surface area (Å²) < 4.78 is 6.93. The van der Waals surface area contributed by atoms with Gasteiger partial charge in [-0.05, 0) is 48.6 Å². The Hall–Kier alpha value is -3.65. The van der Waals surface area contributed by atoms with Crippen molar-refractivity contribution in [1.29, 1.82) is 0 Å². The smallest absolute Gasteiger partial charge is 0.322 e. The van der Waals surface area contributed by atoms with Crippen LogP contribution in [0.4, 0.5) is 16.3 Å². The zero-order valence-electron chi connectivity index (χ0n) is 23.7. The normalized spacial score (nSPS) is 11.5. The van der Waals surface area contributed by atoms with Gasteiger partial charge < -0.3 is 20.3 Å². The second-order valence-electron chi connectivity index (χ2n) is 10.9. The van der Waals surface area contributed by atoms with Crippen LogP contribution in [0.3, 0.4) is 0 Å². The van der Waals surface area contributed by atoms with Crippen molar-refractivity contribution in [3.05, 3.63) is 71.4 Å². The topological polar surface area (TPSA) is 88.5 Å². The first kappa shape index (κ1) is 28.9. The molecule has 0 spiro atoms. The van der Waals surface area contributed by atoms with Gasteiger partial charge in [0, 0.05) is 37.4 Å². The SMILES string of the molecule is COCCCN(CC(=O)Nc1cc(C(C)(C)C)nn1-c1ccccc1C)C(=O)Nc1ccc(C(C)C)cc1. The second-order valence-corrected chi connectivity index (χ2v) is 10.9. The van der Waals surface area contributed by atoms with Gasteiger partial charge in [-0.15, -0.1) is 0 Å². The summed E-state index contributed by atoms with van der Waals surface area (Å²) in [6.07, 6.45) is 0.610. The Balaban J connectivity index is 1.79. The van der Waals surface area contributed by atoms with Crippen LogP contribution in [-0.2, 0) is 14.9 Å². The Morgan fingerprint density at radius 2 is 1.74 bits per heavy atom. The van der Waals surface area contributed by atoms with Crippen LogP contribution in [0.1, 0.15) is 63.8 Å². The minimum atomic E-state index is -0.337. The summed E-state index contributed by atoms with van der Waals surface area (Å²) in [5.41, 5.74) is 4.46. The minimum absolute atomic E-state index is 0.108. The predicted octanol–water partition coefficient (Wildman–Crippen LogP) is 6.11. The van der Waals surface area contributed by atoms with Gasteiger partial charge in [0.2, 0.25) is 5.91 Å². The van der Waals surface area contributed by atoms with Crippen LogP contribution in [0.15, 0.2) is 54.6 Å². The third-order valence-corrected chi connectivity index (χ3v) is 6.32. The molecule has 1 aromatic heterocycles. The molecule has 3 rings (SSSR count). The van der Waals surface area contributed by atoms with Crippen LogP contribution >= 0.6 is 0 Å². The highest BCUT2D eigenvalue weighted by Crippen LogP contribution is 2.27. The molecule has 0 unspecified atom stereocenters. The number of carbonyl (C=O) groups excluding carboxylic acids is 2. The fourth-order valence-electron chi connectivity index (χ4n) is 3.98. The Labute approximate surface area is 226 Å². The molecule has 0 saturated carbocycles. The number of nitrogens with one attached hydrogen (secondary N) is 2. The molecule has 3 aromatic rings. The van der Waals surface area contributed by atoms with Gasteiger partial charge in [0.1, 0.15) is 12.4 Å². The molecule has 0 atom stereocenters. The molecular weight excluding hydrogens is 478 g/mol. The zero-order valence-corrected chi connectivity index (χ0v) is 23.7. The molecule has 0 aliphatic carbocycles. The summed E-state index contributed by atoms with van der Waals surface area (Å²) in [5.74, 6) is 0.666. The van der Waals surface area contributed by atoms with Crippen LogP contribution in [0.25, 0.3) is 5.69 Å². The van der Waals surface area contributed by atoms with Crippen LogP contribution in [-0.4, -0.2) is 53.4 Å². The largest absolute Gasteiger partial charge is 0.385 e. The van der Waals surface area contributed by atoms with E-state index in [1.807, 2.05) is 61.5 Å².